The van der Waals surface area contributed by atoms with Crippen molar-refractivity contribution in [3.63, 3.8) is 0 Å². The van der Waals surface area contributed by atoms with E-state index in [2.05, 4.69) is 20.9 Å². The van der Waals surface area contributed by atoms with E-state index >= 15 is 0 Å². The van der Waals surface area contributed by atoms with Gasteiger partial charge in [-0.3, -0.25) is 4.79 Å². The molecule has 1 aromatic heterocycles. The van der Waals surface area contributed by atoms with Crippen LogP contribution in [-0.2, 0) is 6.42 Å². The number of alkyl halides is 2. The summed E-state index contributed by atoms with van der Waals surface area (Å²) >= 11 is 2.89. The molecule has 1 aromatic rings. The van der Waals surface area contributed by atoms with E-state index in [-0.39, 0.29) is 16.6 Å². The molecule has 0 atom stereocenters. The van der Waals surface area contributed by atoms with Gasteiger partial charge in [0.05, 0.1) is 22.8 Å². The van der Waals surface area contributed by atoms with E-state index in [9.17, 15) is 13.6 Å². The molecule has 1 rings (SSSR count). The second-order valence-electron chi connectivity index (χ2n) is 2.51. The highest BCUT2D eigenvalue weighted by Gasteiger charge is 2.16. The molecule has 0 aliphatic carbocycles. The third-order valence-corrected chi connectivity index (χ3v) is 2.04. The van der Waals surface area contributed by atoms with Crippen LogP contribution in [0.25, 0.3) is 0 Å². The maximum absolute atomic E-state index is 12.4. The molecule has 1 N–H and O–H groups in total. The number of rotatable bonds is 2. The first-order valence-corrected chi connectivity index (χ1v) is 4.42. The number of H-pyrrole nitrogens is 1. The zero-order valence-electron chi connectivity index (χ0n) is 6.85. The molecule has 0 unspecified atom stereocenters. The Kier molecular flexibility index (Phi) is 3.36. The molecule has 1 heterocycles. The minimum absolute atomic E-state index is 0.175. The Labute approximate surface area is 86.5 Å². The van der Waals surface area contributed by atoms with Gasteiger partial charge < -0.3 is 4.98 Å². The lowest BCUT2D eigenvalue weighted by Gasteiger charge is -2.05. The molecule has 0 radical (unpaired) electrons. The molecule has 0 aliphatic rings. The van der Waals surface area contributed by atoms with Crippen molar-refractivity contribution in [1.29, 1.82) is 5.26 Å². The first kappa shape index (κ1) is 10.9. The molecule has 0 spiro atoms. The van der Waals surface area contributed by atoms with Gasteiger partial charge in [0.25, 0.3) is 6.43 Å². The van der Waals surface area contributed by atoms with Crippen LogP contribution in [0.1, 0.15) is 17.7 Å². The second kappa shape index (κ2) is 4.33. The highest BCUT2D eigenvalue weighted by molar-refractivity contribution is 9.10. The summed E-state index contributed by atoms with van der Waals surface area (Å²) in [6.07, 6.45) is -3.11. The Hall–Kier alpha value is -1.22. The van der Waals surface area contributed by atoms with Crippen molar-refractivity contribution in [2.24, 2.45) is 0 Å². The third kappa shape index (κ3) is 2.17. The van der Waals surface area contributed by atoms with Gasteiger partial charge in [-0.2, -0.15) is 5.26 Å². The van der Waals surface area contributed by atoms with Crippen LogP contribution in [0, 0.1) is 11.3 Å². The van der Waals surface area contributed by atoms with Gasteiger partial charge >= 0.3 is 0 Å². The molecule has 3 nitrogen and oxygen atoms in total. The van der Waals surface area contributed by atoms with Crippen molar-refractivity contribution in [2.45, 2.75) is 12.8 Å². The lowest BCUT2D eigenvalue weighted by Crippen LogP contribution is -2.13. The van der Waals surface area contributed by atoms with Crippen molar-refractivity contribution in [3.8, 4) is 6.07 Å². The van der Waals surface area contributed by atoms with Gasteiger partial charge in [-0.05, 0) is 15.9 Å². The summed E-state index contributed by atoms with van der Waals surface area (Å²) < 4.78 is 25.0. The van der Waals surface area contributed by atoms with Crippen LogP contribution < -0.4 is 5.43 Å². The quantitative estimate of drug-likeness (QED) is 0.831. The van der Waals surface area contributed by atoms with E-state index in [1.807, 2.05) is 0 Å². The molecule has 0 saturated heterocycles. The zero-order valence-corrected chi connectivity index (χ0v) is 8.44. The highest BCUT2D eigenvalue weighted by atomic mass is 79.9. The predicted molar refractivity (Wildman–Crippen MR) is 49.0 cm³/mol. The van der Waals surface area contributed by atoms with Gasteiger partial charge in [0, 0.05) is 11.6 Å². The van der Waals surface area contributed by atoms with E-state index in [1.165, 1.54) is 0 Å². The van der Waals surface area contributed by atoms with E-state index < -0.39 is 17.5 Å². The maximum Gasteiger partial charge on any atom is 0.278 e. The minimum Gasteiger partial charge on any atom is -0.348 e. The van der Waals surface area contributed by atoms with Crippen molar-refractivity contribution in [3.05, 3.63) is 32.2 Å². The molecule has 0 bridgehead atoms. The summed E-state index contributed by atoms with van der Waals surface area (Å²) in [6, 6.07) is 2.79. The van der Waals surface area contributed by atoms with E-state index in [0.29, 0.717) is 0 Å². The van der Waals surface area contributed by atoms with Crippen molar-refractivity contribution in [2.75, 3.05) is 0 Å². The normalized spacial score (nSPS) is 10.2. The van der Waals surface area contributed by atoms with Crippen molar-refractivity contribution < 1.29 is 8.78 Å². The molecule has 0 aromatic carbocycles. The fourth-order valence-electron chi connectivity index (χ4n) is 1.02. The number of hydrogen-bond acceptors (Lipinski definition) is 2. The Balaban J connectivity index is 3.38. The zero-order chi connectivity index (χ0) is 10.7. The van der Waals surface area contributed by atoms with Gasteiger partial charge in [-0.1, -0.05) is 0 Å². The molecule has 0 fully saturated rings. The highest BCUT2D eigenvalue weighted by Crippen LogP contribution is 2.20. The van der Waals surface area contributed by atoms with Gasteiger partial charge in [0.15, 0.2) is 5.43 Å². The van der Waals surface area contributed by atoms with Crippen LogP contribution in [0.2, 0.25) is 0 Å². The lowest BCUT2D eigenvalue weighted by molar-refractivity contribution is 0.144. The Morgan fingerprint density at radius 2 is 2.29 bits per heavy atom. The van der Waals surface area contributed by atoms with Crippen molar-refractivity contribution in [1.82, 2.24) is 4.98 Å². The van der Waals surface area contributed by atoms with E-state index in [0.717, 1.165) is 6.07 Å². The molecule has 0 aliphatic heterocycles. The summed E-state index contributed by atoms with van der Waals surface area (Å²) in [4.78, 5) is 13.5. The Bertz CT molecular complexity index is 436. The average Bonchev–Trinajstić information content (AvgIpc) is 2.09. The number of nitrogens with one attached hydrogen (secondary N) is 1. The first-order valence-electron chi connectivity index (χ1n) is 3.63. The largest absolute Gasteiger partial charge is 0.348 e. The van der Waals surface area contributed by atoms with Crippen LogP contribution in [0.15, 0.2) is 15.5 Å². The SMILES string of the molecule is N#CCc1c(C(F)F)[nH]c(Br)cc1=O. The smallest absolute Gasteiger partial charge is 0.278 e. The Morgan fingerprint density at radius 3 is 2.79 bits per heavy atom. The predicted octanol–water partition coefficient (Wildman–Crippen LogP) is 2.14. The number of nitriles is 1. The third-order valence-electron chi connectivity index (χ3n) is 1.61. The summed E-state index contributed by atoms with van der Waals surface area (Å²) in [6.45, 7) is 0. The number of halogens is 3. The van der Waals surface area contributed by atoms with E-state index in [1.54, 1.807) is 6.07 Å². The van der Waals surface area contributed by atoms with Gasteiger partial charge in [-0.15, -0.1) is 0 Å². The van der Waals surface area contributed by atoms with Crippen LogP contribution in [0.5, 0.6) is 0 Å². The molecule has 6 heteroatoms. The molecule has 0 amide bonds. The second-order valence-corrected chi connectivity index (χ2v) is 3.36. The molecular formula is C8H5BrF2N2O. The number of aromatic nitrogens is 1. The number of nitrogens with zero attached hydrogens (tertiary/aromatic N) is 1. The van der Waals surface area contributed by atoms with Gasteiger partial charge in [0.1, 0.15) is 0 Å². The number of pyridine rings is 1. The summed E-state index contributed by atoms with van der Waals surface area (Å²) in [5.74, 6) is 0. The first-order chi connectivity index (χ1) is 6.56. The summed E-state index contributed by atoms with van der Waals surface area (Å²) in [5, 5.41) is 8.36. The minimum atomic E-state index is -2.79. The maximum atomic E-state index is 12.4. The average molecular weight is 263 g/mol. The van der Waals surface area contributed by atoms with Gasteiger partial charge in [0.2, 0.25) is 0 Å². The van der Waals surface area contributed by atoms with Crippen LogP contribution in [-0.4, -0.2) is 4.98 Å². The van der Waals surface area contributed by atoms with Gasteiger partial charge in [-0.25, -0.2) is 8.78 Å². The summed E-state index contributed by atoms with van der Waals surface area (Å²) in [5.41, 5.74) is -1.23. The van der Waals surface area contributed by atoms with E-state index in [4.69, 9.17) is 5.26 Å². The Morgan fingerprint density at radius 1 is 1.64 bits per heavy atom. The molecule has 14 heavy (non-hydrogen) atoms. The fourth-order valence-corrected chi connectivity index (χ4v) is 1.44. The standard InChI is InChI=1S/C8H5BrF2N2O/c9-6-3-5(14)4(1-2-12)7(13-6)8(10)11/h3,8H,1H2,(H,13,14). The number of hydrogen-bond donors (Lipinski definition) is 1. The monoisotopic (exact) mass is 262 g/mol. The summed E-state index contributed by atoms with van der Waals surface area (Å²) in [7, 11) is 0. The van der Waals surface area contributed by atoms with Crippen LogP contribution in [0.4, 0.5) is 8.78 Å². The van der Waals surface area contributed by atoms with Crippen LogP contribution in [0.3, 0.4) is 0 Å². The van der Waals surface area contributed by atoms with Crippen LogP contribution >= 0.6 is 15.9 Å². The molecule has 0 saturated carbocycles. The number of aromatic amines is 1. The lowest BCUT2D eigenvalue weighted by atomic mass is 10.1. The molecule has 74 valence electrons. The molecular weight excluding hydrogens is 258 g/mol. The van der Waals surface area contributed by atoms with Crippen molar-refractivity contribution >= 4 is 15.9 Å². The fraction of sp³-hybridized carbons (Fsp3) is 0.250. The topological polar surface area (TPSA) is 56.6 Å².